The van der Waals surface area contributed by atoms with Crippen LogP contribution >= 0.6 is 0 Å². The molecule has 0 radical (unpaired) electrons. The third kappa shape index (κ3) is 9.45. The average Bonchev–Trinajstić information content (AvgIpc) is 2.80. The van der Waals surface area contributed by atoms with Crippen molar-refractivity contribution in [3.63, 3.8) is 0 Å². The number of hydrogen-bond donors (Lipinski definition) is 3. The summed E-state index contributed by atoms with van der Waals surface area (Å²) in [4.78, 5) is 30.2. The van der Waals surface area contributed by atoms with Crippen molar-refractivity contribution in [3.8, 4) is 0 Å². The number of carboxylic acids is 1. The maximum atomic E-state index is 12.9. The first kappa shape index (κ1) is 29.6. The van der Waals surface area contributed by atoms with E-state index in [0.29, 0.717) is 40.1 Å². The third-order valence-corrected chi connectivity index (χ3v) is 6.08. The van der Waals surface area contributed by atoms with Crippen LogP contribution in [0.1, 0.15) is 50.8 Å². The van der Waals surface area contributed by atoms with E-state index in [1.807, 2.05) is 10.2 Å². The number of aliphatic carboxylic acids is 1. The van der Waals surface area contributed by atoms with E-state index in [1.54, 1.807) is 7.11 Å². The number of alkyl halides is 3. The number of halogens is 3. The first-order valence-corrected chi connectivity index (χ1v) is 12.2. The second-order valence-electron chi connectivity index (χ2n) is 9.35. The lowest BCUT2D eigenvalue weighted by atomic mass is 10.1. The Hall–Kier alpha value is -2.60. The normalized spacial score (nSPS) is 14.6. The average molecular weight is 519 g/mol. The van der Waals surface area contributed by atoms with Crippen LogP contribution in [0.3, 0.4) is 0 Å². The Morgan fingerprint density at radius 1 is 1.22 bits per heavy atom. The van der Waals surface area contributed by atoms with Crippen molar-refractivity contribution in [2.75, 3.05) is 45.2 Å². The summed E-state index contributed by atoms with van der Waals surface area (Å²) < 4.78 is 48.4. The van der Waals surface area contributed by atoms with Crippen LogP contribution in [0.15, 0.2) is 12.1 Å². The van der Waals surface area contributed by atoms with Crippen LogP contribution in [0.5, 0.6) is 0 Å². The molecule has 2 heterocycles. The number of carbonyl (C=O) groups is 2. The zero-order chi connectivity index (χ0) is 26.8. The molecule has 0 aliphatic carbocycles. The van der Waals surface area contributed by atoms with E-state index in [-0.39, 0.29) is 6.42 Å². The highest BCUT2D eigenvalue weighted by Gasteiger charge is 2.51. The number of ether oxygens (including phenoxy) is 2. The number of nitrogens with zero attached hydrogens (tertiary/aromatic N) is 2. The van der Waals surface area contributed by atoms with Crippen LogP contribution in [-0.4, -0.2) is 84.8 Å². The number of aryl methyl sites for hydroxylation is 2. The molecule has 1 aromatic heterocycles. The van der Waals surface area contributed by atoms with Crippen molar-refractivity contribution in [1.82, 2.24) is 15.2 Å². The quantitative estimate of drug-likeness (QED) is 0.320. The first-order chi connectivity index (χ1) is 16.9. The van der Waals surface area contributed by atoms with Crippen LogP contribution in [0.25, 0.3) is 0 Å². The molecule has 0 saturated heterocycles. The standard InChI is InChI=1S/C24H37F3N4O5/c1-23(2,24(25,26)27)36-22(34)30-19(21(32)33)11-14-31(15-16-35-3)13-5-4-8-18-10-9-17-7-6-12-28-20(17)29-18/h9-10,19H,4-8,11-16H2,1-3H3,(H,28,29)(H,30,34)(H,32,33)/t19-/m0/s1. The highest BCUT2D eigenvalue weighted by atomic mass is 19.4. The Morgan fingerprint density at radius 2 is 1.97 bits per heavy atom. The van der Waals surface area contributed by atoms with Crippen LogP contribution in [0.2, 0.25) is 0 Å². The summed E-state index contributed by atoms with van der Waals surface area (Å²) in [6, 6.07) is 2.78. The second kappa shape index (κ2) is 13.6. The van der Waals surface area contributed by atoms with Gasteiger partial charge in [0.1, 0.15) is 11.9 Å². The Bertz CT molecular complexity index is 867. The number of carboxylic acid groups (broad SMARTS) is 1. The number of methoxy groups -OCH3 is 1. The maximum Gasteiger partial charge on any atom is 0.427 e. The molecule has 1 atom stereocenters. The summed E-state index contributed by atoms with van der Waals surface area (Å²) in [5, 5.41) is 14.8. The summed E-state index contributed by atoms with van der Waals surface area (Å²) >= 11 is 0. The number of carbonyl (C=O) groups excluding carboxylic acids is 1. The number of rotatable bonds is 14. The molecule has 0 spiro atoms. The molecule has 1 amide bonds. The van der Waals surface area contributed by atoms with Crippen molar-refractivity contribution in [1.29, 1.82) is 0 Å². The van der Waals surface area contributed by atoms with Gasteiger partial charge in [0.05, 0.1) is 6.61 Å². The molecule has 0 saturated carbocycles. The fourth-order valence-corrected chi connectivity index (χ4v) is 3.74. The highest BCUT2D eigenvalue weighted by Crippen LogP contribution is 2.32. The van der Waals surface area contributed by atoms with Gasteiger partial charge >= 0.3 is 18.2 Å². The van der Waals surface area contributed by atoms with E-state index in [0.717, 1.165) is 50.2 Å². The van der Waals surface area contributed by atoms with Gasteiger partial charge in [-0.15, -0.1) is 0 Å². The van der Waals surface area contributed by atoms with Gasteiger partial charge in [0, 0.05) is 32.4 Å². The van der Waals surface area contributed by atoms with E-state index in [4.69, 9.17) is 9.72 Å². The fraction of sp³-hybridized carbons (Fsp3) is 0.708. The molecule has 0 bridgehead atoms. The van der Waals surface area contributed by atoms with Gasteiger partial charge in [0.15, 0.2) is 0 Å². The number of pyridine rings is 1. The van der Waals surface area contributed by atoms with Gasteiger partial charge in [-0.2, -0.15) is 13.2 Å². The summed E-state index contributed by atoms with van der Waals surface area (Å²) in [5.74, 6) is -0.389. The molecule has 12 heteroatoms. The molecule has 1 aromatic rings. The smallest absolute Gasteiger partial charge is 0.427 e. The minimum absolute atomic E-state index is 0.00135. The van der Waals surface area contributed by atoms with Gasteiger partial charge in [-0.05, 0) is 70.5 Å². The minimum atomic E-state index is -4.79. The largest absolute Gasteiger partial charge is 0.480 e. The number of fused-ring (bicyclic) bond motifs is 1. The van der Waals surface area contributed by atoms with Crippen molar-refractivity contribution in [2.45, 2.75) is 70.2 Å². The number of aromatic nitrogens is 1. The van der Waals surface area contributed by atoms with E-state index in [1.165, 1.54) is 5.56 Å². The van der Waals surface area contributed by atoms with Crippen LogP contribution in [0, 0.1) is 0 Å². The Labute approximate surface area is 209 Å². The van der Waals surface area contributed by atoms with E-state index in [2.05, 4.69) is 22.2 Å². The predicted octanol–water partition coefficient (Wildman–Crippen LogP) is 3.62. The molecule has 0 fully saturated rings. The molecule has 204 valence electrons. The SMILES string of the molecule is COCCN(CCCCc1ccc2c(n1)NCCC2)CC[C@H](NC(=O)OC(C)(C)C(F)(F)F)C(=O)O. The number of hydrogen-bond acceptors (Lipinski definition) is 7. The lowest BCUT2D eigenvalue weighted by Crippen LogP contribution is -2.49. The predicted molar refractivity (Wildman–Crippen MR) is 128 cm³/mol. The van der Waals surface area contributed by atoms with Crippen LogP contribution < -0.4 is 10.6 Å². The van der Waals surface area contributed by atoms with Gasteiger partial charge in [-0.3, -0.25) is 0 Å². The molecular weight excluding hydrogens is 481 g/mol. The van der Waals surface area contributed by atoms with Crippen molar-refractivity contribution in [3.05, 3.63) is 23.4 Å². The summed E-state index contributed by atoms with van der Waals surface area (Å²) in [7, 11) is 1.56. The number of unbranched alkanes of at least 4 members (excludes halogenated alkanes) is 1. The zero-order valence-corrected chi connectivity index (χ0v) is 21.1. The zero-order valence-electron chi connectivity index (χ0n) is 21.1. The third-order valence-electron chi connectivity index (χ3n) is 6.08. The maximum absolute atomic E-state index is 12.9. The first-order valence-electron chi connectivity index (χ1n) is 12.2. The molecule has 1 aliphatic heterocycles. The molecule has 3 N–H and O–H groups in total. The number of nitrogens with one attached hydrogen (secondary N) is 2. The monoisotopic (exact) mass is 518 g/mol. The van der Waals surface area contributed by atoms with Crippen LogP contribution in [0.4, 0.5) is 23.8 Å². The molecule has 2 rings (SSSR count). The lowest BCUT2D eigenvalue weighted by molar-refractivity contribution is -0.244. The molecule has 0 aromatic carbocycles. The Kier molecular flexibility index (Phi) is 11.2. The summed E-state index contributed by atoms with van der Waals surface area (Å²) in [6.45, 7) is 4.30. The lowest BCUT2D eigenvalue weighted by Gasteiger charge is -2.28. The van der Waals surface area contributed by atoms with Crippen molar-refractivity contribution < 1.29 is 37.3 Å². The van der Waals surface area contributed by atoms with E-state index in [9.17, 15) is 27.9 Å². The van der Waals surface area contributed by atoms with Gasteiger partial charge in [0.25, 0.3) is 0 Å². The molecule has 9 nitrogen and oxygen atoms in total. The highest BCUT2D eigenvalue weighted by molar-refractivity contribution is 5.80. The summed E-state index contributed by atoms with van der Waals surface area (Å²) in [6.07, 6.45) is -1.54. The van der Waals surface area contributed by atoms with Crippen molar-refractivity contribution >= 4 is 17.9 Å². The number of amides is 1. The van der Waals surface area contributed by atoms with Gasteiger partial charge in [0.2, 0.25) is 5.60 Å². The fourth-order valence-electron chi connectivity index (χ4n) is 3.74. The van der Waals surface area contributed by atoms with E-state index >= 15 is 0 Å². The molecule has 1 aliphatic rings. The second-order valence-corrected chi connectivity index (χ2v) is 9.35. The Balaban J connectivity index is 1.83. The number of anilines is 1. The minimum Gasteiger partial charge on any atom is -0.480 e. The van der Waals surface area contributed by atoms with Crippen molar-refractivity contribution in [2.24, 2.45) is 0 Å². The topological polar surface area (TPSA) is 113 Å². The summed E-state index contributed by atoms with van der Waals surface area (Å²) in [5.41, 5.74) is -0.488. The van der Waals surface area contributed by atoms with Gasteiger partial charge in [-0.25, -0.2) is 14.6 Å². The van der Waals surface area contributed by atoms with E-state index < -0.39 is 29.9 Å². The number of alkyl carbamates (subject to hydrolysis) is 1. The van der Waals surface area contributed by atoms with Crippen LogP contribution in [-0.2, 0) is 27.1 Å². The molecule has 0 unspecified atom stereocenters. The molecular formula is C24H37F3N4O5. The van der Waals surface area contributed by atoms with Gasteiger partial charge in [-0.1, -0.05) is 6.07 Å². The molecule has 36 heavy (non-hydrogen) atoms. The van der Waals surface area contributed by atoms with Gasteiger partial charge < -0.3 is 30.1 Å². The Morgan fingerprint density at radius 3 is 2.64 bits per heavy atom.